The number of thiazole rings is 1. The topological polar surface area (TPSA) is 48.5 Å². The molecule has 3 aromatic carbocycles. The Labute approximate surface area is 207 Å². The molecule has 1 aliphatic heterocycles. The summed E-state index contributed by atoms with van der Waals surface area (Å²) in [6.45, 7) is 4.46. The van der Waals surface area contributed by atoms with E-state index >= 15 is 0 Å². The summed E-state index contributed by atoms with van der Waals surface area (Å²) in [5.74, 6) is -1.28. The van der Waals surface area contributed by atoms with Crippen LogP contribution in [-0.4, -0.2) is 55.1 Å². The van der Waals surface area contributed by atoms with E-state index in [4.69, 9.17) is 0 Å². The maximum Gasteiger partial charge on any atom is 0.251 e. The van der Waals surface area contributed by atoms with Gasteiger partial charge in [0.25, 0.3) is 5.91 Å². The summed E-state index contributed by atoms with van der Waals surface area (Å²) in [5, 5.41) is 3.72. The van der Waals surface area contributed by atoms with Crippen molar-refractivity contribution in [2.75, 3.05) is 44.2 Å². The van der Waals surface area contributed by atoms with Crippen LogP contribution in [0.1, 0.15) is 21.5 Å². The second kappa shape index (κ2) is 10.5. The monoisotopic (exact) mass is 492 g/mol. The van der Waals surface area contributed by atoms with Crippen molar-refractivity contribution in [2.45, 2.75) is 6.42 Å². The summed E-state index contributed by atoms with van der Waals surface area (Å²) >= 11 is 1.31. The molecule has 1 N–H and O–H groups in total. The molecule has 0 spiro atoms. The molecule has 180 valence electrons. The van der Waals surface area contributed by atoms with Crippen molar-refractivity contribution < 1.29 is 13.6 Å². The summed E-state index contributed by atoms with van der Waals surface area (Å²) in [6, 6.07) is 20.2. The van der Waals surface area contributed by atoms with Crippen molar-refractivity contribution >= 4 is 32.6 Å². The van der Waals surface area contributed by atoms with Gasteiger partial charge in [-0.15, -0.1) is 0 Å². The minimum Gasteiger partial charge on any atom is -0.351 e. The second-order valence-electron chi connectivity index (χ2n) is 8.67. The van der Waals surface area contributed by atoms with Gasteiger partial charge in [-0.3, -0.25) is 9.69 Å². The van der Waals surface area contributed by atoms with Crippen LogP contribution < -0.4 is 10.2 Å². The van der Waals surface area contributed by atoms with Crippen LogP contribution in [0.3, 0.4) is 0 Å². The second-order valence-corrected chi connectivity index (χ2v) is 9.68. The van der Waals surface area contributed by atoms with Crippen LogP contribution in [0.4, 0.5) is 13.9 Å². The van der Waals surface area contributed by atoms with E-state index in [1.165, 1.54) is 28.5 Å². The lowest BCUT2D eigenvalue weighted by molar-refractivity contribution is 0.0947. The predicted molar refractivity (Wildman–Crippen MR) is 136 cm³/mol. The van der Waals surface area contributed by atoms with Crippen molar-refractivity contribution in [2.24, 2.45) is 0 Å². The van der Waals surface area contributed by atoms with Gasteiger partial charge in [0.1, 0.15) is 11.3 Å². The maximum absolute atomic E-state index is 14.0. The molecule has 1 aromatic heterocycles. The highest BCUT2D eigenvalue weighted by atomic mass is 32.1. The Morgan fingerprint density at radius 2 is 1.66 bits per heavy atom. The van der Waals surface area contributed by atoms with Crippen LogP contribution in [0.5, 0.6) is 0 Å². The van der Waals surface area contributed by atoms with Crippen LogP contribution in [-0.2, 0) is 6.42 Å². The molecule has 1 amide bonds. The lowest BCUT2D eigenvalue weighted by atomic mass is 10.0. The van der Waals surface area contributed by atoms with Gasteiger partial charge in [-0.1, -0.05) is 53.8 Å². The van der Waals surface area contributed by atoms with Crippen LogP contribution in [0, 0.1) is 11.6 Å². The van der Waals surface area contributed by atoms with Gasteiger partial charge in [-0.05, 0) is 35.7 Å². The zero-order valence-corrected chi connectivity index (χ0v) is 20.0. The van der Waals surface area contributed by atoms with Gasteiger partial charge in [0.15, 0.2) is 10.9 Å². The minimum absolute atomic E-state index is 0.0707. The summed E-state index contributed by atoms with van der Waals surface area (Å²) in [6.07, 6.45) is 0.845. The molecular weight excluding hydrogens is 466 g/mol. The van der Waals surface area contributed by atoms with Crippen molar-refractivity contribution in [1.82, 2.24) is 15.2 Å². The molecule has 0 saturated carbocycles. The van der Waals surface area contributed by atoms with E-state index in [1.54, 1.807) is 0 Å². The Morgan fingerprint density at radius 1 is 0.943 bits per heavy atom. The van der Waals surface area contributed by atoms with Crippen LogP contribution in [0.25, 0.3) is 10.2 Å². The largest absolute Gasteiger partial charge is 0.351 e. The minimum atomic E-state index is -0.622. The Hall–Kier alpha value is -3.36. The molecule has 1 fully saturated rings. The van der Waals surface area contributed by atoms with Crippen LogP contribution in [0.2, 0.25) is 0 Å². The zero-order chi connectivity index (χ0) is 24.2. The van der Waals surface area contributed by atoms with E-state index in [1.807, 2.05) is 42.5 Å². The summed E-state index contributed by atoms with van der Waals surface area (Å²) in [4.78, 5) is 21.3. The fourth-order valence-corrected chi connectivity index (χ4v) is 5.34. The molecule has 0 bridgehead atoms. The first-order valence-electron chi connectivity index (χ1n) is 11.7. The molecule has 0 atom stereocenters. The number of aromatic nitrogens is 1. The number of anilines is 1. The normalized spacial score (nSPS) is 14.4. The average molecular weight is 493 g/mol. The number of rotatable bonds is 7. The molecule has 35 heavy (non-hydrogen) atoms. The van der Waals surface area contributed by atoms with Crippen molar-refractivity contribution in [3.63, 3.8) is 0 Å². The molecule has 2 heterocycles. The lowest BCUT2D eigenvalue weighted by Gasteiger charge is -2.34. The predicted octanol–water partition coefficient (Wildman–Crippen LogP) is 4.72. The highest BCUT2D eigenvalue weighted by molar-refractivity contribution is 7.22. The fraction of sp³-hybridized carbons (Fsp3) is 0.259. The first-order valence-corrected chi connectivity index (χ1v) is 12.5. The van der Waals surface area contributed by atoms with Gasteiger partial charge < -0.3 is 10.2 Å². The smallest absolute Gasteiger partial charge is 0.251 e. The highest BCUT2D eigenvalue weighted by Crippen LogP contribution is 2.31. The number of hydrogen-bond donors (Lipinski definition) is 1. The Bertz CT molecular complexity index is 1300. The molecular formula is C27H26F2N4OS. The summed E-state index contributed by atoms with van der Waals surface area (Å²) in [5.41, 5.74) is 3.30. The maximum atomic E-state index is 14.0. The Balaban J connectivity index is 1.07. The third-order valence-corrected chi connectivity index (χ3v) is 7.29. The quantitative estimate of drug-likeness (QED) is 0.406. The van der Waals surface area contributed by atoms with Crippen molar-refractivity contribution in [1.29, 1.82) is 0 Å². The number of nitrogens with one attached hydrogen (secondary N) is 1. The van der Waals surface area contributed by atoms with Gasteiger partial charge >= 0.3 is 0 Å². The SMILES string of the molecule is O=C(NCCN1CCN(c2nc3c(F)cc(F)cc3s2)CC1)c1ccc(Cc2ccccc2)cc1. The van der Waals surface area contributed by atoms with Gasteiger partial charge in [-0.2, -0.15) is 0 Å². The van der Waals surface area contributed by atoms with Gasteiger partial charge in [0, 0.05) is 50.9 Å². The molecule has 8 heteroatoms. The zero-order valence-electron chi connectivity index (χ0n) is 19.2. The molecule has 4 aromatic rings. The number of hydrogen-bond acceptors (Lipinski definition) is 5. The fourth-order valence-electron chi connectivity index (χ4n) is 4.28. The third kappa shape index (κ3) is 5.66. The number of piperazine rings is 1. The molecule has 5 nitrogen and oxygen atoms in total. The lowest BCUT2D eigenvalue weighted by Crippen LogP contribution is -2.48. The van der Waals surface area contributed by atoms with Gasteiger partial charge in [0.05, 0.1) is 4.70 Å². The third-order valence-electron chi connectivity index (χ3n) is 6.23. The molecule has 1 aliphatic rings. The molecule has 1 saturated heterocycles. The molecule has 0 aliphatic carbocycles. The first-order chi connectivity index (χ1) is 17.0. The number of amides is 1. The van der Waals surface area contributed by atoms with E-state index in [0.29, 0.717) is 21.9 Å². The summed E-state index contributed by atoms with van der Waals surface area (Å²) in [7, 11) is 0. The van der Waals surface area contributed by atoms with Gasteiger partial charge in [0.2, 0.25) is 0 Å². The number of carbonyl (C=O) groups excluding carboxylic acids is 1. The van der Waals surface area contributed by atoms with Crippen LogP contribution in [0.15, 0.2) is 66.7 Å². The Morgan fingerprint density at radius 3 is 2.40 bits per heavy atom. The van der Waals surface area contributed by atoms with E-state index in [9.17, 15) is 13.6 Å². The average Bonchev–Trinajstić information content (AvgIpc) is 3.30. The molecule has 0 unspecified atom stereocenters. The number of nitrogens with zero attached hydrogens (tertiary/aromatic N) is 3. The van der Waals surface area contributed by atoms with Crippen molar-refractivity contribution in [3.8, 4) is 0 Å². The Kier molecular flexibility index (Phi) is 7.01. The van der Waals surface area contributed by atoms with Crippen LogP contribution >= 0.6 is 11.3 Å². The van der Waals surface area contributed by atoms with E-state index < -0.39 is 11.6 Å². The van der Waals surface area contributed by atoms with Gasteiger partial charge in [-0.25, -0.2) is 13.8 Å². The van der Waals surface area contributed by atoms with E-state index in [2.05, 4.69) is 32.2 Å². The first kappa shape index (κ1) is 23.4. The summed E-state index contributed by atoms with van der Waals surface area (Å²) < 4.78 is 28.0. The molecule has 5 rings (SSSR count). The highest BCUT2D eigenvalue weighted by Gasteiger charge is 2.21. The van der Waals surface area contributed by atoms with E-state index in [-0.39, 0.29) is 11.4 Å². The van der Waals surface area contributed by atoms with Crippen molar-refractivity contribution in [3.05, 3.63) is 95.1 Å². The standard InChI is InChI=1S/C27H26F2N4OS/c28-22-17-23(29)25-24(18-22)35-27(31-25)33-14-12-32(13-15-33)11-10-30-26(34)21-8-6-20(7-9-21)16-19-4-2-1-3-5-19/h1-9,17-18H,10-16H2,(H,30,34). The number of fused-ring (bicyclic) bond motifs is 1. The number of benzene rings is 3. The van der Waals surface area contributed by atoms with E-state index in [0.717, 1.165) is 45.2 Å². The molecule has 0 radical (unpaired) electrons. The number of carbonyl (C=O) groups is 1. The number of halogens is 2.